The van der Waals surface area contributed by atoms with Gasteiger partial charge in [-0.3, -0.25) is 4.79 Å². The van der Waals surface area contributed by atoms with Crippen LogP contribution >= 0.6 is 0 Å². The van der Waals surface area contributed by atoms with Gasteiger partial charge in [-0.2, -0.15) is 0 Å². The van der Waals surface area contributed by atoms with Crippen molar-refractivity contribution >= 4 is 5.91 Å². The maximum Gasteiger partial charge on any atom is 0.254 e. The van der Waals surface area contributed by atoms with Crippen LogP contribution in [0.1, 0.15) is 22.3 Å². The molecule has 0 aliphatic heterocycles. The van der Waals surface area contributed by atoms with Gasteiger partial charge in [-0.25, -0.2) is 0 Å². The van der Waals surface area contributed by atoms with Crippen molar-refractivity contribution in [3.63, 3.8) is 0 Å². The summed E-state index contributed by atoms with van der Waals surface area (Å²) < 4.78 is 10.1. The Labute approximate surface area is 120 Å². The zero-order valence-corrected chi connectivity index (χ0v) is 12.4. The topological polar surface area (TPSA) is 59.0 Å². The van der Waals surface area contributed by atoms with E-state index < -0.39 is 0 Å². The van der Waals surface area contributed by atoms with Crippen molar-refractivity contribution in [2.75, 3.05) is 40.5 Å². The van der Waals surface area contributed by atoms with Gasteiger partial charge in [-0.15, -0.1) is 0 Å². The second-order valence-electron chi connectivity index (χ2n) is 4.58. The van der Waals surface area contributed by atoms with E-state index in [1.807, 2.05) is 0 Å². The molecule has 0 aliphatic rings. The van der Waals surface area contributed by atoms with E-state index in [1.54, 1.807) is 44.2 Å². The third kappa shape index (κ3) is 4.51. The van der Waals surface area contributed by atoms with E-state index in [-0.39, 0.29) is 11.7 Å². The molecule has 1 amide bonds. The summed E-state index contributed by atoms with van der Waals surface area (Å²) in [5.41, 5.74) is 1.13. The predicted molar refractivity (Wildman–Crippen MR) is 77.1 cm³/mol. The van der Waals surface area contributed by atoms with Gasteiger partial charge < -0.3 is 19.5 Å². The van der Waals surface area contributed by atoms with Crippen LogP contribution in [0.5, 0.6) is 5.75 Å². The highest BCUT2D eigenvalue weighted by molar-refractivity contribution is 5.96. The number of carbonyl (C=O) groups excluding carboxylic acids is 1. The van der Waals surface area contributed by atoms with Gasteiger partial charge in [-0.1, -0.05) is 6.07 Å². The van der Waals surface area contributed by atoms with Gasteiger partial charge >= 0.3 is 0 Å². The highest BCUT2D eigenvalue weighted by Gasteiger charge is 2.18. The molecule has 0 fully saturated rings. The monoisotopic (exact) mass is 281 g/mol. The molecule has 20 heavy (non-hydrogen) atoms. The first-order valence-electron chi connectivity index (χ1n) is 6.67. The van der Waals surface area contributed by atoms with Gasteiger partial charge in [-0.05, 0) is 25.5 Å². The Bertz CT molecular complexity index is 434. The second kappa shape index (κ2) is 8.55. The number of aromatic hydroxyl groups is 1. The Morgan fingerprint density at radius 1 is 1.20 bits per heavy atom. The minimum atomic E-state index is -0.0912. The average molecular weight is 281 g/mol. The summed E-state index contributed by atoms with van der Waals surface area (Å²) in [4.78, 5) is 14.3. The van der Waals surface area contributed by atoms with E-state index in [2.05, 4.69) is 0 Å². The summed E-state index contributed by atoms with van der Waals surface area (Å²) in [7, 11) is 3.25. The summed E-state index contributed by atoms with van der Waals surface area (Å²) in [6, 6.07) is 4.99. The molecule has 0 aliphatic carbocycles. The number of phenolic OH excluding ortho intramolecular Hbond substituents is 1. The molecule has 0 heterocycles. The molecule has 0 saturated carbocycles. The Balaban J connectivity index is 2.82. The van der Waals surface area contributed by atoms with Crippen LogP contribution in [0, 0.1) is 6.92 Å². The molecule has 0 saturated heterocycles. The standard InChI is InChI=1S/C15H23NO4/c1-12-13(6-4-7-14(12)17)15(18)16(9-11-20-3)8-5-10-19-2/h4,6-7,17H,5,8-11H2,1-3H3. The molecular weight excluding hydrogens is 258 g/mol. The van der Waals surface area contributed by atoms with E-state index >= 15 is 0 Å². The maximum atomic E-state index is 12.5. The number of hydrogen-bond donors (Lipinski definition) is 1. The number of ether oxygens (including phenoxy) is 2. The third-order valence-corrected chi connectivity index (χ3v) is 3.16. The van der Waals surface area contributed by atoms with Crippen LogP contribution in [0.25, 0.3) is 0 Å². The molecule has 0 atom stereocenters. The lowest BCUT2D eigenvalue weighted by Gasteiger charge is -2.23. The second-order valence-corrected chi connectivity index (χ2v) is 4.58. The summed E-state index contributed by atoms with van der Waals surface area (Å²) in [6.07, 6.45) is 0.768. The largest absolute Gasteiger partial charge is 0.508 e. The third-order valence-electron chi connectivity index (χ3n) is 3.16. The maximum absolute atomic E-state index is 12.5. The van der Waals surface area contributed by atoms with Crippen molar-refractivity contribution in [1.82, 2.24) is 4.90 Å². The molecule has 0 radical (unpaired) electrons. The number of hydrogen-bond acceptors (Lipinski definition) is 4. The van der Waals surface area contributed by atoms with Crippen LogP contribution in [0.3, 0.4) is 0 Å². The number of carbonyl (C=O) groups is 1. The summed E-state index contributed by atoms with van der Waals surface area (Å²) in [5, 5.41) is 9.71. The molecule has 1 rings (SSSR count). The van der Waals surface area contributed by atoms with Gasteiger partial charge in [0.05, 0.1) is 6.61 Å². The Morgan fingerprint density at radius 2 is 1.90 bits per heavy atom. The first-order valence-corrected chi connectivity index (χ1v) is 6.67. The summed E-state index contributed by atoms with van der Waals surface area (Å²) in [6.45, 7) is 3.96. The van der Waals surface area contributed by atoms with E-state index in [4.69, 9.17) is 9.47 Å². The van der Waals surface area contributed by atoms with Crippen LogP contribution < -0.4 is 0 Å². The van der Waals surface area contributed by atoms with Crippen LogP contribution in [0.15, 0.2) is 18.2 Å². The molecule has 112 valence electrons. The van der Waals surface area contributed by atoms with Crippen molar-refractivity contribution in [3.05, 3.63) is 29.3 Å². The number of rotatable bonds is 8. The van der Waals surface area contributed by atoms with Crippen LogP contribution in [-0.2, 0) is 9.47 Å². The zero-order valence-electron chi connectivity index (χ0n) is 12.4. The lowest BCUT2D eigenvalue weighted by molar-refractivity contribution is 0.0673. The van der Waals surface area contributed by atoms with Gasteiger partial charge in [0.2, 0.25) is 0 Å². The number of methoxy groups -OCH3 is 2. The lowest BCUT2D eigenvalue weighted by atomic mass is 10.1. The van der Waals surface area contributed by atoms with Crippen molar-refractivity contribution in [2.24, 2.45) is 0 Å². The van der Waals surface area contributed by atoms with E-state index in [0.717, 1.165) is 6.42 Å². The summed E-state index contributed by atoms with van der Waals surface area (Å²) >= 11 is 0. The fraction of sp³-hybridized carbons (Fsp3) is 0.533. The molecule has 1 aromatic rings. The molecule has 1 aromatic carbocycles. The molecule has 1 N–H and O–H groups in total. The number of nitrogens with zero attached hydrogens (tertiary/aromatic N) is 1. The number of benzene rings is 1. The van der Waals surface area contributed by atoms with Gasteiger partial charge in [0.25, 0.3) is 5.91 Å². The Kier molecular flexibility index (Phi) is 7.04. The molecule has 0 spiro atoms. The van der Waals surface area contributed by atoms with Crippen LogP contribution in [0.4, 0.5) is 0 Å². The van der Waals surface area contributed by atoms with Crippen molar-refractivity contribution < 1.29 is 19.4 Å². The van der Waals surface area contributed by atoms with Crippen molar-refractivity contribution in [2.45, 2.75) is 13.3 Å². The smallest absolute Gasteiger partial charge is 0.254 e. The quantitative estimate of drug-likeness (QED) is 0.739. The molecule has 0 aromatic heterocycles. The highest BCUT2D eigenvalue weighted by atomic mass is 16.5. The highest BCUT2D eigenvalue weighted by Crippen LogP contribution is 2.21. The molecular formula is C15H23NO4. The minimum absolute atomic E-state index is 0.0912. The van der Waals surface area contributed by atoms with Gasteiger partial charge in [0.15, 0.2) is 0 Å². The Morgan fingerprint density at radius 3 is 2.55 bits per heavy atom. The van der Waals surface area contributed by atoms with Crippen molar-refractivity contribution in [1.29, 1.82) is 0 Å². The fourth-order valence-electron chi connectivity index (χ4n) is 1.94. The molecule has 5 heteroatoms. The summed E-state index contributed by atoms with van der Waals surface area (Å²) in [5.74, 6) is 0.0472. The Hall–Kier alpha value is -1.59. The minimum Gasteiger partial charge on any atom is -0.508 e. The van der Waals surface area contributed by atoms with Gasteiger partial charge in [0.1, 0.15) is 5.75 Å². The van der Waals surface area contributed by atoms with Crippen LogP contribution in [0.2, 0.25) is 0 Å². The van der Waals surface area contributed by atoms with E-state index in [9.17, 15) is 9.90 Å². The molecule has 0 bridgehead atoms. The molecule has 0 unspecified atom stereocenters. The van der Waals surface area contributed by atoms with E-state index in [1.165, 1.54) is 0 Å². The van der Waals surface area contributed by atoms with Crippen molar-refractivity contribution in [3.8, 4) is 5.75 Å². The normalized spacial score (nSPS) is 10.6. The predicted octanol–water partition coefficient (Wildman–Crippen LogP) is 1.83. The molecule has 5 nitrogen and oxygen atoms in total. The number of amides is 1. The van der Waals surface area contributed by atoms with Crippen LogP contribution in [-0.4, -0.2) is 56.4 Å². The number of phenols is 1. The lowest BCUT2D eigenvalue weighted by Crippen LogP contribution is -2.35. The first-order chi connectivity index (χ1) is 9.61. The average Bonchev–Trinajstić information content (AvgIpc) is 2.45. The van der Waals surface area contributed by atoms with E-state index in [0.29, 0.717) is 37.4 Å². The SMILES string of the molecule is COCCCN(CCOC)C(=O)c1cccc(O)c1C. The fourth-order valence-corrected chi connectivity index (χ4v) is 1.94. The zero-order chi connectivity index (χ0) is 15.0. The van der Waals surface area contributed by atoms with Gasteiger partial charge in [0, 0.05) is 45.0 Å². The first kappa shape index (κ1) is 16.5.